The summed E-state index contributed by atoms with van der Waals surface area (Å²) in [6, 6.07) is 3.97. The van der Waals surface area contributed by atoms with Gasteiger partial charge in [-0.1, -0.05) is 6.42 Å². The van der Waals surface area contributed by atoms with Gasteiger partial charge in [0.2, 0.25) is 0 Å². The van der Waals surface area contributed by atoms with Crippen LogP contribution in [-0.4, -0.2) is 27.7 Å². The lowest BCUT2D eigenvalue weighted by molar-refractivity contribution is 0.544. The minimum atomic E-state index is 0.768. The molecule has 108 valence electrons. The molecule has 2 aromatic heterocycles. The van der Waals surface area contributed by atoms with Gasteiger partial charge in [-0.3, -0.25) is 5.10 Å². The van der Waals surface area contributed by atoms with Crippen molar-refractivity contribution < 1.29 is 4.42 Å². The van der Waals surface area contributed by atoms with Gasteiger partial charge in [-0.15, -0.1) is 0 Å². The quantitative estimate of drug-likeness (QED) is 0.887. The summed E-state index contributed by atoms with van der Waals surface area (Å²) in [5.74, 6) is 3.10. The Kier molecular flexibility index (Phi) is 4.47. The number of aromatic nitrogens is 2. The lowest BCUT2D eigenvalue weighted by atomic mass is 10.2. The minimum absolute atomic E-state index is 0.768. The van der Waals surface area contributed by atoms with Crippen LogP contribution < -0.4 is 5.32 Å². The predicted octanol–water partition coefficient (Wildman–Crippen LogP) is 3.35. The first kappa shape index (κ1) is 13.8. The van der Waals surface area contributed by atoms with E-state index in [0.717, 1.165) is 35.6 Å². The molecule has 1 atom stereocenters. The summed E-state index contributed by atoms with van der Waals surface area (Å²) in [5.41, 5.74) is 2.15. The fourth-order valence-corrected chi connectivity index (χ4v) is 3.84. The van der Waals surface area contributed by atoms with Gasteiger partial charge in [0, 0.05) is 23.9 Å². The molecule has 0 radical (unpaired) electrons. The van der Waals surface area contributed by atoms with Crippen LogP contribution in [0, 0.1) is 6.92 Å². The maximum atomic E-state index is 5.66. The van der Waals surface area contributed by atoms with E-state index in [1.165, 1.54) is 30.6 Å². The highest BCUT2D eigenvalue weighted by Crippen LogP contribution is 2.25. The van der Waals surface area contributed by atoms with Crippen LogP contribution in [0.1, 0.15) is 30.6 Å². The Morgan fingerprint density at radius 1 is 1.45 bits per heavy atom. The van der Waals surface area contributed by atoms with E-state index in [1.807, 2.05) is 25.3 Å². The molecule has 1 aliphatic heterocycles. The van der Waals surface area contributed by atoms with Crippen molar-refractivity contribution in [3.05, 3.63) is 29.7 Å². The van der Waals surface area contributed by atoms with Crippen LogP contribution in [0.25, 0.3) is 11.5 Å². The Labute approximate surface area is 123 Å². The van der Waals surface area contributed by atoms with Crippen LogP contribution in [0.4, 0.5) is 0 Å². The van der Waals surface area contributed by atoms with Crippen molar-refractivity contribution in [2.75, 3.05) is 12.3 Å². The maximum Gasteiger partial charge on any atom is 0.152 e. The molecule has 1 saturated heterocycles. The lowest BCUT2D eigenvalue weighted by Crippen LogP contribution is -2.26. The topological polar surface area (TPSA) is 53.9 Å². The fourth-order valence-electron chi connectivity index (χ4n) is 2.56. The van der Waals surface area contributed by atoms with E-state index in [2.05, 4.69) is 27.3 Å². The lowest BCUT2D eigenvalue weighted by Gasteiger charge is -2.21. The Morgan fingerprint density at radius 3 is 3.15 bits per heavy atom. The normalized spacial score (nSPS) is 19.4. The average molecular weight is 291 g/mol. The largest absolute Gasteiger partial charge is 0.460 e. The molecule has 0 spiro atoms. The van der Waals surface area contributed by atoms with Gasteiger partial charge in [-0.2, -0.15) is 16.9 Å². The number of H-pyrrole nitrogens is 1. The molecule has 2 aromatic rings. The number of nitrogens with one attached hydrogen (secondary N) is 2. The van der Waals surface area contributed by atoms with Gasteiger partial charge >= 0.3 is 0 Å². The summed E-state index contributed by atoms with van der Waals surface area (Å²) < 4.78 is 5.66. The molecule has 0 aliphatic carbocycles. The first-order valence-electron chi connectivity index (χ1n) is 7.24. The number of furan rings is 1. The number of hydrogen-bond donors (Lipinski definition) is 2. The van der Waals surface area contributed by atoms with E-state index in [4.69, 9.17) is 4.42 Å². The van der Waals surface area contributed by atoms with Crippen LogP contribution in [0.2, 0.25) is 0 Å². The second-order valence-corrected chi connectivity index (χ2v) is 6.71. The van der Waals surface area contributed by atoms with Crippen molar-refractivity contribution in [2.24, 2.45) is 0 Å². The smallest absolute Gasteiger partial charge is 0.152 e. The Bertz CT molecular complexity index is 543. The van der Waals surface area contributed by atoms with E-state index in [-0.39, 0.29) is 0 Å². The molecule has 3 heterocycles. The summed E-state index contributed by atoms with van der Waals surface area (Å²) in [6.45, 7) is 3.87. The SMILES string of the molecule is Cc1ccc(-c2[nH]ncc2CNCC2CCCCS2)o1. The van der Waals surface area contributed by atoms with Crippen LogP contribution in [0.3, 0.4) is 0 Å². The molecule has 0 aromatic carbocycles. The summed E-state index contributed by atoms with van der Waals surface area (Å²) in [4.78, 5) is 0. The summed E-state index contributed by atoms with van der Waals surface area (Å²) in [7, 11) is 0. The molecular weight excluding hydrogens is 270 g/mol. The second kappa shape index (κ2) is 6.50. The van der Waals surface area contributed by atoms with E-state index in [0.29, 0.717) is 0 Å². The number of aromatic amines is 1. The predicted molar refractivity (Wildman–Crippen MR) is 82.8 cm³/mol. The van der Waals surface area contributed by atoms with E-state index < -0.39 is 0 Å². The highest BCUT2D eigenvalue weighted by atomic mass is 32.2. The molecule has 0 saturated carbocycles. The van der Waals surface area contributed by atoms with Crippen molar-refractivity contribution in [3.8, 4) is 11.5 Å². The van der Waals surface area contributed by atoms with Crippen molar-refractivity contribution >= 4 is 11.8 Å². The van der Waals surface area contributed by atoms with Gasteiger partial charge in [-0.25, -0.2) is 0 Å². The van der Waals surface area contributed by atoms with Gasteiger partial charge in [0.1, 0.15) is 11.5 Å². The zero-order chi connectivity index (χ0) is 13.8. The third kappa shape index (κ3) is 3.27. The van der Waals surface area contributed by atoms with E-state index >= 15 is 0 Å². The standard InChI is InChI=1S/C15H21N3OS/c1-11-5-6-14(19-11)15-12(9-17-18-15)8-16-10-13-4-2-3-7-20-13/h5-6,9,13,16H,2-4,7-8,10H2,1H3,(H,17,18). The molecule has 3 rings (SSSR count). The molecule has 1 aliphatic rings. The minimum Gasteiger partial charge on any atom is -0.460 e. The first-order valence-corrected chi connectivity index (χ1v) is 8.29. The molecule has 2 N–H and O–H groups in total. The zero-order valence-electron chi connectivity index (χ0n) is 11.8. The van der Waals surface area contributed by atoms with Gasteiger partial charge in [0.15, 0.2) is 5.76 Å². The molecular formula is C15H21N3OS. The molecule has 5 heteroatoms. The third-order valence-electron chi connectivity index (χ3n) is 3.67. The molecule has 1 unspecified atom stereocenters. The average Bonchev–Trinajstić information content (AvgIpc) is 3.09. The second-order valence-electron chi connectivity index (χ2n) is 5.30. The van der Waals surface area contributed by atoms with Crippen LogP contribution in [-0.2, 0) is 6.54 Å². The van der Waals surface area contributed by atoms with Gasteiger partial charge in [0.05, 0.1) is 6.20 Å². The number of nitrogens with zero attached hydrogens (tertiary/aromatic N) is 1. The monoisotopic (exact) mass is 291 g/mol. The summed E-state index contributed by atoms with van der Waals surface area (Å²) >= 11 is 2.10. The zero-order valence-corrected chi connectivity index (χ0v) is 12.6. The maximum absolute atomic E-state index is 5.66. The van der Waals surface area contributed by atoms with Crippen molar-refractivity contribution in [1.82, 2.24) is 15.5 Å². The summed E-state index contributed by atoms with van der Waals surface area (Å²) in [5, 5.41) is 11.5. The van der Waals surface area contributed by atoms with Crippen molar-refractivity contribution in [3.63, 3.8) is 0 Å². The van der Waals surface area contributed by atoms with Crippen molar-refractivity contribution in [1.29, 1.82) is 0 Å². The molecule has 1 fully saturated rings. The van der Waals surface area contributed by atoms with Gasteiger partial charge < -0.3 is 9.73 Å². The van der Waals surface area contributed by atoms with Gasteiger partial charge in [-0.05, 0) is 37.7 Å². The van der Waals surface area contributed by atoms with E-state index in [9.17, 15) is 0 Å². The molecule has 0 amide bonds. The molecule has 4 nitrogen and oxygen atoms in total. The van der Waals surface area contributed by atoms with Crippen LogP contribution in [0.5, 0.6) is 0 Å². The van der Waals surface area contributed by atoms with Crippen LogP contribution >= 0.6 is 11.8 Å². The van der Waals surface area contributed by atoms with Crippen molar-refractivity contribution in [2.45, 2.75) is 38.0 Å². The highest BCUT2D eigenvalue weighted by Gasteiger charge is 2.15. The van der Waals surface area contributed by atoms with Crippen LogP contribution in [0.15, 0.2) is 22.7 Å². The molecule has 20 heavy (non-hydrogen) atoms. The van der Waals surface area contributed by atoms with E-state index in [1.54, 1.807) is 0 Å². The number of aryl methyl sites for hydroxylation is 1. The Balaban J connectivity index is 1.56. The highest BCUT2D eigenvalue weighted by molar-refractivity contribution is 7.99. The Morgan fingerprint density at radius 2 is 2.40 bits per heavy atom. The number of rotatable bonds is 5. The fraction of sp³-hybridized carbons (Fsp3) is 0.533. The molecule has 0 bridgehead atoms. The third-order valence-corrected chi connectivity index (χ3v) is 5.06. The number of hydrogen-bond acceptors (Lipinski definition) is 4. The first-order chi connectivity index (χ1) is 9.83. The Hall–Kier alpha value is -1.20. The summed E-state index contributed by atoms with van der Waals surface area (Å²) in [6.07, 6.45) is 5.98. The van der Waals surface area contributed by atoms with Gasteiger partial charge in [0.25, 0.3) is 0 Å². The number of thioether (sulfide) groups is 1.